The van der Waals surface area contributed by atoms with Crippen molar-refractivity contribution >= 4 is 17.2 Å². The molecule has 0 saturated heterocycles. The van der Waals surface area contributed by atoms with Gasteiger partial charge >= 0.3 is 0 Å². The minimum Gasteiger partial charge on any atom is -0.388 e. The highest BCUT2D eigenvalue weighted by atomic mass is 32.1. The number of nitrogens with zero attached hydrogens (tertiary/aromatic N) is 1. The third-order valence-electron chi connectivity index (χ3n) is 2.29. The van der Waals surface area contributed by atoms with Gasteiger partial charge in [0.2, 0.25) is 5.76 Å². The first-order chi connectivity index (χ1) is 8.27. The van der Waals surface area contributed by atoms with Crippen molar-refractivity contribution in [3.8, 4) is 0 Å². The molecule has 17 heavy (non-hydrogen) atoms. The van der Waals surface area contributed by atoms with E-state index in [4.69, 9.17) is 4.52 Å². The van der Waals surface area contributed by atoms with Crippen LogP contribution < -0.4 is 5.32 Å². The molecule has 0 aromatic carbocycles. The lowest BCUT2D eigenvalue weighted by molar-refractivity contribution is 0.0906. The van der Waals surface area contributed by atoms with Crippen molar-refractivity contribution in [1.82, 2.24) is 10.5 Å². The van der Waals surface area contributed by atoms with E-state index in [1.165, 1.54) is 23.6 Å². The van der Waals surface area contributed by atoms with Gasteiger partial charge in [-0.2, -0.15) is 11.3 Å². The second kappa shape index (κ2) is 5.60. The highest BCUT2D eigenvalue weighted by molar-refractivity contribution is 7.07. The maximum Gasteiger partial charge on any atom is 0.289 e. The fourth-order valence-corrected chi connectivity index (χ4v) is 2.08. The highest BCUT2D eigenvalue weighted by Crippen LogP contribution is 2.18. The summed E-state index contributed by atoms with van der Waals surface area (Å²) in [4.78, 5) is 11.4. The first kappa shape index (κ1) is 11.8. The Labute approximate surface area is 102 Å². The molecular formula is C11H12N2O3S. The number of thiophene rings is 1. The molecule has 1 atom stereocenters. The summed E-state index contributed by atoms with van der Waals surface area (Å²) in [7, 11) is 0. The Bertz CT molecular complexity index is 453. The van der Waals surface area contributed by atoms with Gasteiger partial charge in [-0.3, -0.25) is 4.79 Å². The van der Waals surface area contributed by atoms with Crippen LogP contribution in [-0.4, -0.2) is 22.7 Å². The average Bonchev–Trinajstić information content (AvgIpc) is 3.02. The van der Waals surface area contributed by atoms with Crippen LogP contribution in [0.15, 0.2) is 33.6 Å². The van der Waals surface area contributed by atoms with Gasteiger partial charge in [-0.05, 0) is 28.8 Å². The molecule has 2 aromatic rings. The summed E-state index contributed by atoms with van der Waals surface area (Å²) >= 11 is 1.54. The smallest absolute Gasteiger partial charge is 0.289 e. The molecule has 0 radical (unpaired) electrons. The van der Waals surface area contributed by atoms with Crippen molar-refractivity contribution in [3.05, 3.63) is 40.4 Å². The van der Waals surface area contributed by atoms with Crippen LogP contribution in [0.25, 0.3) is 0 Å². The lowest BCUT2D eigenvalue weighted by Crippen LogP contribution is -2.25. The van der Waals surface area contributed by atoms with Gasteiger partial charge in [-0.15, -0.1) is 0 Å². The van der Waals surface area contributed by atoms with Crippen molar-refractivity contribution < 1.29 is 14.4 Å². The summed E-state index contributed by atoms with van der Waals surface area (Å²) in [6.07, 6.45) is 1.34. The van der Waals surface area contributed by atoms with Crippen molar-refractivity contribution in [2.75, 3.05) is 6.54 Å². The molecule has 2 heterocycles. The van der Waals surface area contributed by atoms with Crippen molar-refractivity contribution in [2.24, 2.45) is 0 Å². The Morgan fingerprint density at radius 3 is 3.12 bits per heavy atom. The predicted octanol–water partition coefficient (Wildman–Crippen LogP) is 1.59. The van der Waals surface area contributed by atoms with Gasteiger partial charge in [0, 0.05) is 12.6 Å². The second-order valence-electron chi connectivity index (χ2n) is 3.49. The number of amides is 1. The molecule has 0 spiro atoms. The molecule has 0 aliphatic carbocycles. The van der Waals surface area contributed by atoms with E-state index in [1.54, 1.807) is 0 Å². The van der Waals surface area contributed by atoms with E-state index in [0.717, 1.165) is 5.56 Å². The van der Waals surface area contributed by atoms with Crippen LogP contribution in [0.5, 0.6) is 0 Å². The van der Waals surface area contributed by atoms with Gasteiger partial charge in [0.15, 0.2) is 0 Å². The van der Waals surface area contributed by atoms with Crippen molar-refractivity contribution in [3.63, 3.8) is 0 Å². The summed E-state index contributed by atoms with van der Waals surface area (Å²) in [5, 5.41) is 19.7. The first-order valence-corrected chi connectivity index (χ1v) is 6.10. The maximum absolute atomic E-state index is 11.4. The van der Waals surface area contributed by atoms with Crippen LogP contribution in [0.3, 0.4) is 0 Å². The van der Waals surface area contributed by atoms with E-state index in [9.17, 15) is 9.90 Å². The average molecular weight is 252 g/mol. The van der Waals surface area contributed by atoms with Gasteiger partial charge in [0.1, 0.15) is 0 Å². The van der Waals surface area contributed by atoms with E-state index in [0.29, 0.717) is 13.0 Å². The monoisotopic (exact) mass is 252 g/mol. The lowest BCUT2D eigenvalue weighted by Gasteiger charge is -2.08. The van der Waals surface area contributed by atoms with Crippen LogP contribution in [0.4, 0.5) is 0 Å². The van der Waals surface area contributed by atoms with Crippen LogP contribution in [0, 0.1) is 0 Å². The van der Waals surface area contributed by atoms with Gasteiger partial charge in [0.25, 0.3) is 5.91 Å². The minimum atomic E-state index is -0.545. The number of aromatic nitrogens is 1. The Morgan fingerprint density at radius 2 is 2.47 bits per heavy atom. The summed E-state index contributed by atoms with van der Waals surface area (Å²) in [6.45, 7) is 0.385. The molecule has 2 N–H and O–H groups in total. The molecule has 0 aliphatic rings. The number of nitrogens with one attached hydrogen (secondary N) is 1. The predicted molar refractivity (Wildman–Crippen MR) is 62.7 cm³/mol. The van der Waals surface area contributed by atoms with E-state index in [1.807, 2.05) is 16.8 Å². The van der Waals surface area contributed by atoms with E-state index < -0.39 is 6.10 Å². The first-order valence-electron chi connectivity index (χ1n) is 5.16. The fourth-order valence-electron chi connectivity index (χ4n) is 1.37. The number of hydrogen-bond donors (Lipinski definition) is 2. The molecule has 2 rings (SSSR count). The number of aliphatic hydroxyl groups is 1. The zero-order valence-electron chi connectivity index (χ0n) is 9.00. The zero-order chi connectivity index (χ0) is 12.1. The summed E-state index contributed by atoms with van der Waals surface area (Å²) in [5.41, 5.74) is 0.879. The quantitative estimate of drug-likeness (QED) is 0.847. The van der Waals surface area contributed by atoms with Crippen LogP contribution in [0.1, 0.15) is 28.6 Å². The Balaban J connectivity index is 1.75. The molecule has 2 aromatic heterocycles. The van der Waals surface area contributed by atoms with Crippen molar-refractivity contribution in [2.45, 2.75) is 12.5 Å². The van der Waals surface area contributed by atoms with Crippen LogP contribution in [0.2, 0.25) is 0 Å². The SMILES string of the molecule is O=C(NCCC(O)c1ccsc1)c1ccno1. The normalized spacial score (nSPS) is 12.3. The second-order valence-corrected chi connectivity index (χ2v) is 4.27. The summed E-state index contributed by atoms with van der Waals surface area (Å²) in [5.74, 6) is -0.143. The molecule has 1 unspecified atom stereocenters. The molecule has 90 valence electrons. The Kier molecular flexibility index (Phi) is 3.89. The lowest BCUT2D eigenvalue weighted by atomic mass is 10.1. The molecule has 0 aliphatic heterocycles. The maximum atomic E-state index is 11.4. The number of rotatable bonds is 5. The zero-order valence-corrected chi connectivity index (χ0v) is 9.81. The highest BCUT2D eigenvalue weighted by Gasteiger charge is 2.11. The molecular weight excluding hydrogens is 240 g/mol. The topological polar surface area (TPSA) is 75.4 Å². The van der Waals surface area contributed by atoms with Gasteiger partial charge in [-0.1, -0.05) is 5.16 Å². The van der Waals surface area contributed by atoms with Gasteiger partial charge in [-0.25, -0.2) is 0 Å². The van der Waals surface area contributed by atoms with Crippen LogP contribution in [-0.2, 0) is 0 Å². The number of hydrogen-bond acceptors (Lipinski definition) is 5. The number of carbonyl (C=O) groups excluding carboxylic acids is 1. The van der Waals surface area contributed by atoms with E-state index >= 15 is 0 Å². The standard InChI is InChI=1S/C11H12N2O3S/c14-9(8-3-6-17-7-8)1-4-12-11(15)10-2-5-13-16-10/h2-3,5-7,9,14H,1,4H2,(H,12,15). The molecule has 5 nitrogen and oxygen atoms in total. The molecule has 0 saturated carbocycles. The molecule has 6 heteroatoms. The van der Waals surface area contributed by atoms with Gasteiger partial charge < -0.3 is 14.9 Å². The molecule has 1 amide bonds. The van der Waals surface area contributed by atoms with E-state index in [-0.39, 0.29) is 11.7 Å². The molecule has 0 fully saturated rings. The van der Waals surface area contributed by atoms with E-state index in [2.05, 4.69) is 10.5 Å². The fraction of sp³-hybridized carbons (Fsp3) is 0.273. The minimum absolute atomic E-state index is 0.176. The third kappa shape index (κ3) is 3.15. The van der Waals surface area contributed by atoms with Crippen LogP contribution >= 0.6 is 11.3 Å². The third-order valence-corrected chi connectivity index (χ3v) is 2.99. The molecule has 0 bridgehead atoms. The largest absolute Gasteiger partial charge is 0.388 e. The van der Waals surface area contributed by atoms with Gasteiger partial charge in [0.05, 0.1) is 12.3 Å². The van der Waals surface area contributed by atoms with Crippen molar-refractivity contribution in [1.29, 1.82) is 0 Å². The number of carbonyl (C=O) groups is 1. The Hall–Kier alpha value is -1.66. The Morgan fingerprint density at radius 1 is 1.59 bits per heavy atom. The summed E-state index contributed by atoms with van der Waals surface area (Å²) in [6, 6.07) is 3.36. The number of aliphatic hydroxyl groups excluding tert-OH is 1. The summed E-state index contributed by atoms with van der Waals surface area (Å²) < 4.78 is 4.70.